The number of anilines is 1. The fraction of sp³-hybridized carbons (Fsp3) is 0.360. The molecule has 0 spiro atoms. The molecule has 9 nitrogen and oxygen atoms in total. The van der Waals surface area contributed by atoms with E-state index in [9.17, 15) is 9.59 Å². The van der Waals surface area contributed by atoms with Crippen molar-refractivity contribution in [2.45, 2.75) is 32.8 Å². The summed E-state index contributed by atoms with van der Waals surface area (Å²) in [7, 11) is 1.57. The molecule has 34 heavy (non-hydrogen) atoms. The van der Waals surface area contributed by atoms with Crippen molar-refractivity contribution in [1.29, 1.82) is 0 Å². The molecule has 2 aromatic rings. The van der Waals surface area contributed by atoms with Crippen LogP contribution < -0.4 is 20.3 Å². The minimum Gasteiger partial charge on any atom is -0.497 e. The number of hydrogen-bond donors (Lipinski definition) is 4. The molecule has 0 aliphatic carbocycles. The fourth-order valence-electron chi connectivity index (χ4n) is 3.26. The largest absolute Gasteiger partial charge is 0.497 e. The summed E-state index contributed by atoms with van der Waals surface area (Å²) in [6, 6.07) is 14.0. The second-order valence-electron chi connectivity index (χ2n) is 7.70. The number of benzene rings is 2. The maximum absolute atomic E-state index is 12.7. The van der Waals surface area contributed by atoms with Crippen molar-refractivity contribution in [1.82, 2.24) is 5.48 Å². The summed E-state index contributed by atoms with van der Waals surface area (Å²) in [5, 5.41) is 20.4. The lowest BCUT2D eigenvalue weighted by molar-refractivity contribution is -0.125. The van der Waals surface area contributed by atoms with Gasteiger partial charge in [-0.15, -0.1) is 0 Å². The summed E-state index contributed by atoms with van der Waals surface area (Å²) >= 11 is 0. The number of carbonyl (C=O) groups is 2. The molecule has 0 aromatic heterocycles. The lowest BCUT2D eigenvalue weighted by atomic mass is 9.92. The maximum Gasteiger partial charge on any atom is 0.412 e. The lowest BCUT2D eigenvalue weighted by Crippen LogP contribution is -2.22. The van der Waals surface area contributed by atoms with E-state index in [1.54, 1.807) is 62.0 Å². The number of hydroxylamine groups is 1. The van der Waals surface area contributed by atoms with Gasteiger partial charge in [0.25, 0.3) is 5.91 Å². The second-order valence-corrected chi connectivity index (χ2v) is 7.70. The predicted molar refractivity (Wildman–Crippen MR) is 127 cm³/mol. The summed E-state index contributed by atoms with van der Waals surface area (Å²) < 4.78 is 16.3. The van der Waals surface area contributed by atoms with Crippen molar-refractivity contribution in [3.8, 4) is 11.5 Å². The number of allylic oxidation sites excluding steroid dienone is 1. The van der Waals surface area contributed by atoms with Gasteiger partial charge >= 0.3 is 6.09 Å². The Hall–Kier alpha value is -3.56. The van der Waals surface area contributed by atoms with Gasteiger partial charge in [0.2, 0.25) is 0 Å². The van der Waals surface area contributed by atoms with E-state index in [-0.39, 0.29) is 19.1 Å². The topological polar surface area (TPSA) is 126 Å². The molecule has 0 saturated heterocycles. The van der Waals surface area contributed by atoms with Crippen LogP contribution in [0.3, 0.4) is 0 Å². The summed E-state index contributed by atoms with van der Waals surface area (Å²) in [5.41, 5.74) is 3.35. The number of aliphatic hydroxyl groups excluding tert-OH is 1. The third-order valence-electron chi connectivity index (χ3n) is 5.19. The first-order valence-electron chi connectivity index (χ1n) is 10.9. The Labute approximate surface area is 199 Å². The van der Waals surface area contributed by atoms with Crippen LogP contribution in [0, 0.1) is 5.92 Å². The zero-order valence-electron chi connectivity index (χ0n) is 19.6. The number of nitrogens with one attached hydrogen (secondary N) is 2. The number of rotatable bonds is 12. The van der Waals surface area contributed by atoms with Crippen molar-refractivity contribution < 1.29 is 34.1 Å². The van der Waals surface area contributed by atoms with Crippen LogP contribution in [0.15, 0.2) is 60.2 Å². The number of amides is 2. The van der Waals surface area contributed by atoms with E-state index in [1.807, 2.05) is 19.1 Å². The van der Waals surface area contributed by atoms with Gasteiger partial charge in [0.1, 0.15) is 24.2 Å². The van der Waals surface area contributed by atoms with E-state index in [4.69, 9.17) is 24.5 Å². The van der Waals surface area contributed by atoms with Crippen molar-refractivity contribution >= 4 is 17.7 Å². The van der Waals surface area contributed by atoms with Crippen LogP contribution in [0.4, 0.5) is 10.5 Å². The number of ether oxygens (including phenoxy) is 3. The number of aliphatic hydroxyl groups is 1. The molecule has 9 heteroatoms. The maximum atomic E-state index is 12.7. The van der Waals surface area contributed by atoms with Gasteiger partial charge in [-0.2, -0.15) is 0 Å². The molecule has 0 fully saturated rings. The van der Waals surface area contributed by atoms with Crippen LogP contribution in [0.2, 0.25) is 0 Å². The number of hydrogen-bond acceptors (Lipinski definition) is 7. The Bertz CT molecular complexity index is 943. The molecule has 4 N–H and O–H groups in total. The summed E-state index contributed by atoms with van der Waals surface area (Å²) in [5.74, 6) is 0.623. The van der Waals surface area contributed by atoms with Gasteiger partial charge in [-0.25, -0.2) is 10.3 Å². The lowest BCUT2D eigenvalue weighted by Gasteiger charge is -2.25. The molecule has 0 radical (unpaired) electrons. The third-order valence-corrected chi connectivity index (χ3v) is 5.19. The second kappa shape index (κ2) is 13.9. The van der Waals surface area contributed by atoms with Crippen LogP contribution in [0.1, 0.15) is 38.4 Å². The van der Waals surface area contributed by atoms with Crippen LogP contribution in [0.5, 0.6) is 11.5 Å². The van der Waals surface area contributed by atoms with Gasteiger partial charge < -0.3 is 19.3 Å². The molecule has 0 aliphatic rings. The molecule has 0 heterocycles. The molecule has 2 rings (SSSR count). The Morgan fingerprint density at radius 1 is 1.06 bits per heavy atom. The van der Waals surface area contributed by atoms with Gasteiger partial charge in [0.15, 0.2) is 0 Å². The highest BCUT2D eigenvalue weighted by atomic mass is 16.6. The standard InChI is InChI=1S/C25H32N2O7/c1-17(5-4-6-18(2)24(29)27-31)23(19-7-11-22(12-8-19)33-16-15-28)34-25(30)26-20-9-13-21(32-3)14-10-20/h6-14,17,23,28,31H,4-5,15-16H2,1-3H3,(H,26,30)(H,27,29)/b18-6+/t17-,23+/m1/s1. The quantitative estimate of drug-likeness (QED) is 0.207. The number of methoxy groups -OCH3 is 1. The van der Waals surface area contributed by atoms with Crippen molar-refractivity contribution in [2.75, 3.05) is 25.6 Å². The van der Waals surface area contributed by atoms with Gasteiger partial charge in [0.05, 0.1) is 13.7 Å². The molecule has 0 saturated carbocycles. The zero-order valence-corrected chi connectivity index (χ0v) is 19.6. The molecule has 2 amide bonds. The molecular formula is C25H32N2O7. The first kappa shape index (κ1) is 26.7. The first-order valence-corrected chi connectivity index (χ1v) is 10.9. The first-order chi connectivity index (χ1) is 16.4. The molecule has 2 atom stereocenters. The molecular weight excluding hydrogens is 440 g/mol. The molecule has 184 valence electrons. The van der Waals surface area contributed by atoms with E-state index < -0.39 is 18.1 Å². The summed E-state index contributed by atoms with van der Waals surface area (Å²) in [6.45, 7) is 3.67. The van der Waals surface area contributed by atoms with Crippen LogP contribution >= 0.6 is 0 Å². The highest BCUT2D eigenvalue weighted by Crippen LogP contribution is 2.31. The van der Waals surface area contributed by atoms with Crippen LogP contribution in [-0.4, -0.2) is 42.6 Å². The normalized spacial score (nSPS) is 12.9. The highest BCUT2D eigenvalue weighted by Gasteiger charge is 2.24. The van der Waals surface area contributed by atoms with E-state index in [0.29, 0.717) is 35.6 Å². The molecule has 2 aromatic carbocycles. The van der Waals surface area contributed by atoms with E-state index >= 15 is 0 Å². The van der Waals surface area contributed by atoms with Crippen LogP contribution in [-0.2, 0) is 9.53 Å². The molecule has 0 aliphatic heterocycles. The monoisotopic (exact) mass is 472 g/mol. The van der Waals surface area contributed by atoms with Crippen molar-refractivity contribution in [2.24, 2.45) is 5.92 Å². The minimum atomic E-state index is -0.603. The fourth-order valence-corrected chi connectivity index (χ4v) is 3.26. The summed E-state index contributed by atoms with van der Waals surface area (Å²) in [4.78, 5) is 24.1. The Kier molecular flexibility index (Phi) is 10.9. The van der Waals surface area contributed by atoms with Gasteiger partial charge in [-0.05, 0) is 67.6 Å². The predicted octanol–water partition coefficient (Wildman–Crippen LogP) is 4.22. The summed E-state index contributed by atoms with van der Waals surface area (Å²) in [6.07, 6.45) is 1.74. The Morgan fingerprint density at radius 2 is 1.71 bits per heavy atom. The Balaban J connectivity index is 2.13. The third kappa shape index (κ3) is 8.42. The van der Waals surface area contributed by atoms with E-state index in [2.05, 4.69) is 5.32 Å². The number of carbonyl (C=O) groups excluding carboxylic acids is 2. The molecule has 0 unspecified atom stereocenters. The average molecular weight is 473 g/mol. The minimum absolute atomic E-state index is 0.0860. The van der Waals surface area contributed by atoms with Gasteiger partial charge in [-0.1, -0.05) is 25.1 Å². The van der Waals surface area contributed by atoms with Gasteiger partial charge in [0, 0.05) is 11.3 Å². The molecule has 0 bridgehead atoms. The zero-order chi connectivity index (χ0) is 24.9. The smallest absolute Gasteiger partial charge is 0.412 e. The van der Waals surface area contributed by atoms with Crippen LogP contribution in [0.25, 0.3) is 0 Å². The van der Waals surface area contributed by atoms with Crippen molar-refractivity contribution in [3.63, 3.8) is 0 Å². The Morgan fingerprint density at radius 3 is 2.29 bits per heavy atom. The van der Waals surface area contributed by atoms with Gasteiger partial charge in [-0.3, -0.25) is 15.3 Å². The highest BCUT2D eigenvalue weighted by molar-refractivity contribution is 5.91. The SMILES string of the molecule is COc1ccc(NC(=O)O[C@H](c2ccc(OCCO)cc2)[C@H](C)CC/C=C(\C)C(=O)NO)cc1. The van der Waals surface area contributed by atoms with E-state index in [1.165, 1.54) is 0 Å². The van der Waals surface area contributed by atoms with Crippen molar-refractivity contribution in [3.05, 3.63) is 65.7 Å². The van der Waals surface area contributed by atoms with E-state index in [0.717, 1.165) is 5.56 Å². The average Bonchev–Trinajstić information content (AvgIpc) is 2.86.